The summed E-state index contributed by atoms with van der Waals surface area (Å²) >= 11 is 0. The highest BCUT2D eigenvalue weighted by Crippen LogP contribution is 2.17. The van der Waals surface area contributed by atoms with Gasteiger partial charge >= 0.3 is 0 Å². The van der Waals surface area contributed by atoms with E-state index >= 15 is 0 Å². The molecule has 1 amide bonds. The van der Waals surface area contributed by atoms with Crippen LogP contribution in [-0.2, 0) is 18.3 Å². The minimum Gasteiger partial charge on any atom is -0.351 e. The zero-order chi connectivity index (χ0) is 12.4. The van der Waals surface area contributed by atoms with Crippen molar-refractivity contribution in [2.45, 2.75) is 12.8 Å². The number of fused-ring (bicyclic) bond motifs is 1. The smallest absolute Gasteiger partial charge is 0.222 e. The highest BCUT2D eigenvalue weighted by Gasteiger charge is 2.05. The first-order valence-electron chi connectivity index (χ1n) is 5.82. The average molecular weight is 230 g/mol. The van der Waals surface area contributed by atoms with E-state index in [1.165, 1.54) is 16.5 Å². The van der Waals surface area contributed by atoms with Crippen LogP contribution in [0, 0.1) is 0 Å². The van der Waals surface area contributed by atoms with Gasteiger partial charge in [0.2, 0.25) is 5.91 Å². The van der Waals surface area contributed by atoms with Crippen LogP contribution in [-0.4, -0.2) is 29.5 Å². The van der Waals surface area contributed by atoms with E-state index in [0.29, 0.717) is 6.42 Å². The fraction of sp³-hybridized carbons (Fsp3) is 0.357. The quantitative estimate of drug-likeness (QED) is 0.793. The van der Waals surface area contributed by atoms with Crippen molar-refractivity contribution in [3.63, 3.8) is 0 Å². The van der Waals surface area contributed by atoms with E-state index in [1.54, 1.807) is 19.0 Å². The van der Waals surface area contributed by atoms with Crippen LogP contribution in [0.5, 0.6) is 0 Å². The standard InChI is InChI=1S/C14H18N2O/c1-15(2)14(17)7-5-11-4-6-12-8-9-16(3)13(12)10-11/h4,6,8-10H,5,7H2,1-3H3. The number of carbonyl (C=O) groups is 1. The lowest BCUT2D eigenvalue weighted by atomic mass is 10.1. The maximum atomic E-state index is 11.5. The summed E-state index contributed by atoms with van der Waals surface area (Å²) in [6.07, 6.45) is 3.43. The number of benzene rings is 1. The third-order valence-corrected chi connectivity index (χ3v) is 3.08. The number of nitrogens with zero attached hydrogens (tertiary/aromatic N) is 2. The molecular weight excluding hydrogens is 212 g/mol. The fourth-order valence-electron chi connectivity index (χ4n) is 1.94. The number of carbonyl (C=O) groups excluding carboxylic acids is 1. The Balaban J connectivity index is 2.14. The Morgan fingerprint density at radius 3 is 2.76 bits per heavy atom. The van der Waals surface area contributed by atoms with Gasteiger partial charge in [0.25, 0.3) is 0 Å². The van der Waals surface area contributed by atoms with E-state index in [0.717, 1.165) is 6.42 Å². The van der Waals surface area contributed by atoms with E-state index in [1.807, 2.05) is 7.05 Å². The third-order valence-electron chi connectivity index (χ3n) is 3.08. The second kappa shape index (κ2) is 4.62. The first-order valence-corrected chi connectivity index (χ1v) is 5.82. The number of amides is 1. The van der Waals surface area contributed by atoms with Gasteiger partial charge in [-0.1, -0.05) is 12.1 Å². The first kappa shape index (κ1) is 11.7. The van der Waals surface area contributed by atoms with Crippen molar-refractivity contribution >= 4 is 16.8 Å². The van der Waals surface area contributed by atoms with E-state index in [2.05, 4.69) is 35.0 Å². The SMILES string of the molecule is CN(C)C(=O)CCc1ccc2ccn(C)c2c1. The second-order valence-corrected chi connectivity index (χ2v) is 4.61. The minimum absolute atomic E-state index is 0.178. The van der Waals surface area contributed by atoms with Crippen molar-refractivity contribution < 1.29 is 4.79 Å². The van der Waals surface area contributed by atoms with Crippen molar-refractivity contribution in [1.29, 1.82) is 0 Å². The molecule has 0 bridgehead atoms. The lowest BCUT2D eigenvalue weighted by Gasteiger charge is -2.10. The first-order chi connectivity index (χ1) is 8.08. The number of aryl methyl sites for hydroxylation is 2. The molecule has 0 spiro atoms. The molecule has 2 rings (SSSR count). The maximum Gasteiger partial charge on any atom is 0.222 e. The van der Waals surface area contributed by atoms with Gasteiger partial charge < -0.3 is 9.47 Å². The van der Waals surface area contributed by atoms with Gasteiger partial charge in [0.1, 0.15) is 0 Å². The van der Waals surface area contributed by atoms with Gasteiger partial charge in [-0.15, -0.1) is 0 Å². The summed E-state index contributed by atoms with van der Waals surface area (Å²) in [7, 11) is 5.63. The van der Waals surface area contributed by atoms with Crippen molar-refractivity contribution in [3.8, 4) is 0 Å². The molecule has 0 atom stereocenters. The summed E-state index contributed by atoms with van der Waals surface area (Å²) in [5, 5.41) is 1.25. The van der Waals surface area contributed by atoms with E-state index < -0.39 is 0 Å². The van der Waals surface area contributed by atoms with Crippen LogP contribution in [0.4, 0.5) is 0 Å². The van der Waals surface area contributed by atoms with Crippen molar-refractivity contribution in [2.75, 3.05) is 14.1 Å². The molecule has 3 heteroatoms. The van der Waals surface area contributed by atoms with Crippen molar-refractivity contribution in [1.82, 2.24) is 9.47 Å². The van der Waals surface area contributed by atoms with Crippen LogP contribution in [0.1, 0.15) is 12.0 Å². The summed E-state index contributed by atoms with van der Waals surface area (Å²) in [6, 6.07) is 8.48. The molecule has 0 aliphatic rings. The van der Waals surface area contributed by atoms with Crippen molar-refractivity contribution in [3.05, 3.63) is 36.0 Å². The van der Waals surface area contributed by atoms with Crippen LogP contribution in [0.15, 0.2) is 30.5 Å². The molecule has 1 heterocycles. The van der Waals surface area contributed by atoms with Crippen LogP contribution in [0.25, 0.3) is 10.9 Å². The monoisotopic (exact) mass is 230 g/mol. The fourth-order valence-corrected chi connectivity index (χ4v) is 1.94. The summed E-state index contributed by atoms with van der Waals surface area (Å²) in [4.78, 5) is 13.2. The summed E-state index contributed by atoms with van der Waals surface area (Å²) < 4.78 is 2.10. The Morgan fingerprint density at radius 2 is 2.06 bits per heavy atom. The van der Waals surface area contributed by atoms with Gasteiger partial charge in [-0.2, -0.15) is 0 Å². The van der Waals surface area contributed by atoms with Crippen LogP contribution in [0.3, 0.4) is 0 Å². The largest absolute Gasteiger partial charge is 0.351 e. The molecule has 1 aromatic carbocycles. The second-order valence-electron chi connectivity index (χ2n) is 4.61. The molecule has 0 fully saturated rings. The molecule has 0 saturated carbocycles. The molecular formula is C14H18N2O. The van der Waals surface area contributed by atoms with Crippen molar-refractivity contribution in [2.24, 2.45) is 7.05 Å². The summed E-state index contributed by atoms with van der Waals surface area (Å²) in [5.74, 6) is 0.178. The molecule has 0 unspecified atom stereocenters. The lowest BCUT2D eigenvalue weighted by Crippen LogP contribution is -2.21. The Bertz CT molecular complexity index is 540. The molecule has 0 radical (unpaired) electrons. The number of hydrogen-bond acceptors (Lipinski definition) is 1. The molecule has 0 aliphatic heterocycles. The summed E-state index contributed by atoms with van der Waals surface area (Å²) in [5.41, 5.74) is 2.44. The Morgan fingerprint density at radius 1 is 1.29 bits per heavy atom. The Hall–Kier alpha value is -1.77. The van der Waals surface area contributed by atoms with Crippen LogP contribution in [0.2, 0.25) is 0 Å². The average Bonchev–Trinajstić information content (AvgIpc) is 2.68. The summed E-state index contributed by atoms with van der Waals surface area (Å²) in [6.45, 7) is 0. The normalized spacial score (nSPS) is 10.8. The molecule has 17 heavy (non-hydrogen) atoms. The highest BCUT2D eigenvalue weighted by atomic mass is 16.2. The molecule has 1 aromatic heterocycles. The minimum atomic E-state index is 0.178. The zero-order valence-electron chi connectivity index (χ0n) is 10.6. The highest BCUT2D eigenvalue weighted by molar-refractivity contribution is 5.81. The maximum absolute atomic E-state index is 11.5. The van der Waals surface area contributed by atoms with Gasteiger partial charge in [-0.05, 0) is 29.5 Å². The Labute approximate surface area is 102 Å². The van der Waals surface area contributed by atoms with Gasteiger partial charge in [0.15, 0.2) is 0 Å². The number of rotatable bonds is 3. The Kier molecular flexibility index (Phi) is 3.18. The third kappa shape index (κ3) is 2.49. The van der Waals surface area contributed by atoms with E-state index in [4.69, 9.17) is 0 Å². The topological polar surface area (TPSA) is 25.2 Å². The molecule has 2 aromatic rings. The van der Waals surface area contributed by atoms with Crippen LogP contribution >= 0.6 is 0 Å². The number of hydrogen-bond donors (Lipinski definition) is 0. The van der Waals surface area contributed by atoms with Gasteiger partial charge in [0, 0.05) is 39.3 Å². The van der Waals surface area contributed by atoms with E-state index in [-0.39, 0.29) is 5.91 Å². The predicted octanol–water partition coefficient (Wildman–Crippen LogP) is 2.20. The predicted molar refractivity (Wildman–Crippen MR) is 69.9 cm³/mol. The van der Waals surface area contributed by atoms with Gasteiger partial charge in [-0.25, -0.2) is 0 Å². The molecule has 0 N–H and O–H groups in total. The molecule has 0 saturated heterocycles. The molecule has 0 aliphatic carbocycles. The lowest BCUT2D eigenvalue weighted by molar-refractivity contribution is -0.128. The van der Waals surface area contributed by atoms with Gasteiger partial charge in [-0.3, -0.25) is 4.79 Å². The van der Waals surface area contributed by atoms with E-state index in [9.17, 15) is 4.79 Å². The number of aromatic nitrogens is 1. The van der Waals surface area contributed by atoms with Gasteiger partial charge in [0.05, 0.1) is 0 Å². The molecule has 90 valence electrons. The molecule has 3 nitrogen and oxygen atoms in total. The zero-order valence-corrected chi connectivity index (χ0v) is 10.6. The van der Waals surface area contributed by atoms with Crippen LogP contribution < -0.4 is 0 Å².